The van der Waals surface area contributed by atoms with E-state index in [1.54, 1.807) is 0 Å². The van der Waals surface area contributed by atoms with Crippen LogP contribution in [0.1, 0.15) is 34.1 Å². The van der Waals surface area contributed by atoms with E-state index in [4.69, 9.17) is 4.74 Å². The molecule has 0 aromatic heterocycles. The van der Waals surface area contributed by atoms with Crippen molar-refractivity contribution in [1.29, 1.82) is 0 Å². The topological polar surface area (TPSA) is 96.0 Å². The first-order valence-corrected chi connectivity index (χ1v) is 7.52. The summed E-state index contributed by atoms with van der Waals surface area (Å²) >= 11 is 0. The van der Waals surface area contributed by atoms with E-state index >= 15 is 0 Å². The van der Waals surface area contributed by atoms with E-state index in [2.05, 4.69) is 8.92 Å². The van der Waals surface area contributed by atoms with E-state index in [9.17, 15) is 31.2 Å². The summed E-state index contributed by atoms with van der Waals surface area (Å²) in [6.45, 7) is 5.22. The third-order valence-corrected chi connectivity index (χ3v) is 3.17. The first-order chi connectivity index (χ1) is 10.1. The first kappa shape index (κ1) is 21.2. The van der Waals surface area contributed by atoms with Crippen molar-refractivity contribution in [3.63, 3.8) is 0 Å². The van der Waals surface area contributed by atoms with E-state index in [0.29, 0.717) is 0 Å². The number of hydrogen-bond donors (Lipinski definition) is 0. The second kappa shape index (κ2) is 7.20. The Morgan fingerprint density at radius 1 is 1.09 bits per heavy atom. The van der Waals surface area contributed by atoms with Gasteiger partial charge in [0.1, 0.15) is 11.4 Å². The van der Waals surface area contributed by atoms with Gasteiger partial charge in [0.05, 0.1) is 19.1 Å². The minimum Gasteiger partial charge on any atom is -0.469 e. The summed E-state index contributed by atoms with van der Waals surface area (Å²) in [5.41, 5.74) is -7.40. The van der Waals surface area contributed by atoms with Gasteiger partial charge in [-0.1, -0.05) is 0 Å². The zero-order valence-corrected chi connectivity index (χ0v) is 13.9. The lowest BCUT2D eigenvalue weighted by molar-refractivity contribution is -0.152. The maximum atomic E-state index is 12.3. The monoisotopic (exact) mass is 362 g/mol. The molecule has 0 unspecified atom stereocenters. The van der Waals surface area contributed by atoms with Crippen molar-refractivity contribution < 1.29 is 44.8 Å². The summed E-state index contributed by atoms with van der Waals surface area (Å²) in [4.78, 5) is 23.2. The lowest BCUT2D eigenvalue weighted by Crippen LogP contribution is -2.28. The van der Waals surface area contributed by atoms with Crippen molar-refractivity contribution in [2.24, 2.45) is 0 Å². The first-order valence-electron chi connectivity index (χ1n) is 6.11. The van der Waals surface area contributed by atoms with Crippen molar-refractivity contribution in [3.8, 4) is 0 Å². The van der Waals surface area contributed by atoms with Crippen LogP contribution in [0.4, 0.5) is 13.2 Å². The molecule has 7 nitrogen and oxygen atoms in total. The predicted molar refractivity (Wildman–Crippen MR) is 71.2 cm³/mol. The van der Waals surface area contributed by atoms with Gasteiger partial charge < -0.3 is 13.7 Å². The van der Waals surface area contributed by atoms with Gasteiger partial charge in [-0.05, 0) is 27.7 Å². The molecule has 0 radical (unpaired) electrons. The van der Waals surface area contributed by atoms with Crippen LogP contribution in [0, 0.1) is 0 Å². The summed E-state index contributed by atoms with van der Waals surface area (Å²) in [6.07, 6.45) is -0.815. The molecule has 11 heteroatoms. The van der Waals surface area contributed by atoms with Gasteiger partial charge in [0.25, 0.3) is 0 Å². The van der Waals surface area contributed by atoms with Crippen LogP contribution in [0.25, 0.3) is 0 Å². The van der Waals surface area contributed by atoms with E-state index in [-0.39, 0.29) is 0 Å². The maximum absolute atomic E-state index is 12.3. The zero-order chi connectivity index (χ0) is 18.6. The van der Waals surface area contributed by atoms with Crippen LogP contribution < -0.4 is 0 Å². The van der Waals surface area contributed by atoms with Crippen molar-refractivity contribution >= 4 is 22.1 Å². The number of carbonyl (C=O) groups excluding carboxylic acids is 2. The molecule has 0 amide bonds. The Hall–Kier alpha value is -1.78. The molecule has 0 aromatic rings. The highest BCUT2D eigenvalue weighted by Gasteiger charge is 2.49. The molecule has 0 heterocycles. The summed E-state index contributed by atoms with van der Waals surface area (Å²) in [5.74, 6) is -3.11. The molecule has 0 aliphatic heterocycles. The fraction of sp³-hybridized carbons (Fsp3) is 0.667. The van der Waals surface area contributed by atoms with Crippen LogP contribution in [0.3, 0.4) is 0 Å². The molecule has 0 aromatic carbocycles. The number of rotatable bonds is 5. The van der Waals surface area contributed by atoms with Crippen LogP contribution in [0.5, 0.6) is 0 Å². The second-order valence-corrected chi connectivity index (χ2v) is 6.81. The molecule has 134 valence electrons. The molecule has 0 fully saturated rings. The van der Waals surface area contributed by atoms with Crippen molar-refractivity contribution in [2.75, 3.05) is 7.11 Å². The highest BCUT2D eigenvalue weighted by Crippen LogP contribution is 2.28. The summed E-state index contributed by atoms with van der Waals surface area (Å²) in [5, 5.41) is 0. The van der Waals surface area contributed by atoms with E-state index in [0.717, 1.165) is 14.0 Å². The van der Waals surface area contributed by atoms with Gasteiger partial charge >= 0.3 is 27.6 Å². The Morgan fingerprint density at radius 2 is 1.57 bits per heavy atom. The zero-order valence-electron chi connectivity index (χ0n) is 13.1. The summed E-state index contributed by atoms with van der Waals surface area (Å²) in [6, 6.07) is 0. The van der Waals surface area contributed by atoms with Crippen LogP contribution in [-0.4, -0.2) is 38.6 Å². The Balaban J connectivity index is 5.73. The number of carbonyl (C=O) groups is 2. The normalized spacial score (nSPS) is 13.9. The van der Waals surface area contributed by atoms with Crippen LogP contribution in [-0.2, 0) is 33.4 Å². The Kier molecular flexibility index (Phi) is 6.64. The van der Waals surface area contributed by atoms with E-state index < -0.39 is 50.9 Å². The molecule has 0 N–H and O–H groups in total. The number of esters is 2. The minimum absolute atomic E-state index is 0.695. The number of methoxy groups -OCH3 is 1. The summed E-state index contributed by atoms with van der Waals surface area (Å²) < 4.78 is 72.0. The largest absolute Gasteiger partial charge is 0.534 e. The molecule has 0 saturated heterocycles. The third-order valence-electron chi connectivity index (χ3n) is 2.14. The lowest BCUT2D eigenvalue weighted by Gasteiger charge is -2.21. The smallest absolute Gasteiger partial charge is 0.469 e. The van der Waals surface area contributed by atoms with Gasteiger partial charge in [0, 0.05) is 0 Å². The molecule has 0 aliphatic carbocycles. The Bertz CT molecular complexity index is 597. The molecule has 0 atom stereocenters. The molecule has 0 spiro atoms. The molecule has 0 saturated carbocycles. The molecule has 0 bridgehead atoms. The highest BCUT2D eigenvalue weighted by atomic mass is 32.2. The molecular weight excluding hydrogens is 345 g/mol. The van der Waals surface area contributed by atoms with Gasteiger partial charge in [-0.3, -0.25) is 4.79 Å². The van der Waals surface area contributed by atoms with E-state index in [1.165, 1.54) is 20.8 Å². The highest BCUT2D eigenvalue weighted by molar-refractivity contribution is 7.87. The quantitative estimate of drug-likeness (QED) is 0.243. The molecule has 23 heavy (non-hydrogen) atoms. The predicted octanol–water partition coefficient (Wildman–Crippen LogP) is 2.03. The van der Waals surface area contributed by atoms with Crippen LogP contribution in [0.2, 0.25) is 0 Å². The standard InChI is InChI=1S/C12H17F3O7S/c1-7(22-23(18,19)12(13,14)15)8(6-9(16)20-5)10(17)21-11(2,3)4/h6H2,1-5H3/b8-7+. The van der Waals surface area contributed by atoms with E-state index in [1.807, 2.05) is 0 Å². The number of allylic oxidation sites excluding steroid dienone is 1. The molecular formula is C12H17F3O7S. The van der Waals surface area contributed by atoms with Gasteiger partial charge in [-0.2, -0.15) is 21.6 Å². The Labute approximate surface area is 131 Å². The van der Waals surface area contributed by atoms with Crippen molar-refractivity contribution in [2.45, 2.75) is 45.2 Å². The average molecular weight is 362 g/mol. The second-order valence-electron chi connectivity index (χ2n) is 5.27. The number of halogens is 3. The fourth-order valence-electron chi connectivity index (χ4n) is 1.16. The maximum Gasteiger partial charge on any atom is 0.534 e. The van der Waals surface area contributed by atoms with Gasteiger partial charge in [-0.25, -0.2) is 4.79 Å². The van der Waals surface area contributed by atoms with Gasteiger partial charge in [0.15, 0.2) is 0 Å². The fourth-order valence-corrected chi connectivity index (χ4v) is 1.68. The average Bonchev–Trinajstić information content (AvgIpc) is 2.30. The number of ether oxygens (including phenoxy) is 2. The SMILES string of the molecule is COC(=O)C/C(C(=O)OC(C)(C)C)=C(/C)OS(=O)(=O)C(F)(F)F. The van der Waals surface area contributed by atoms with Crippen molar-refractivity contribution in [1.82, 2.24) is 0 Å². The Morgan fingerprint density at radius 3 is 1.91 bits per heavy atom. The van der Waals surface area contributed by atoms with Gasteiger partial charge in [0.2, 0.25) is 0 Å². The number of alkyl halides is 3. The number of hydrogen-bond acceptors (Lipinski definition) is 7. The summed E-state index contributed by atoms with van der Waals surface area (Å²) in [7, 11) is -5.00. The molecule has 0 rings (SSSR count). The third kappa shape index (κ3) is 6.89. The minimum atomic E-state index is -5.98. The van der Waals surface area contributed by atoms with Crippen molar-refractivity contribution in [3.05, 3.63) is 11.3 Å². The van der Waals surface area contributed by atoms with Gasteiger partial charge in [-0.15, -0.1) is 0 Å². The van der Waals surface area contributed by atoms with Crippen LogP contribution >= 0.6 is 0 Å². The van der Waals surface area contributed by atoms with Crippen LogP contribution in [0.15, 0.2) is 11.3 Å². The lowest BCUT2D eigenvalue weighted by atomic mass is 10.1. The molecule has 0 aliphatic rings.